The van der Waals surface area contributed by atoms with Crippen LogP contribution < -0.4 is 5.32 Å². The van der Waals surface area contributed by atoms with Crippen LogP contribution in [0.4, 0.5) is 0 Å². The second kappa shape index (κ2) is 4.57. The first-order chi connectivity index (χ1) is 8.08. The molecule has 2 rings (SSSR count). The van der Waals surface area contributed by atoms with E-state index in [2.05, 4.69) is 33.9 Å². The maximum Gasteiger partial charge on any atom is 0.216 e. The number of hydrogen-bond donors (Lipinski definition) is 1. The lowest BCUT2D eigenvalue weighted by Gasteiger charge is -2.03. The number of carbonyl (C=O) groups excluding carboxylic acids is 1. The zero-order valence-electron chi connectivity index (χ0n) is 10.4. The predicted molar refractivity (Wildman–Crippen MR) is 67.8 cm³/mol. The molecule has 1 aromatic carbocycles. The first kappa shape index (κ1) is 11.6. The number of nitrogens with one attached hydrogen (secondary N) is 1. The fourth-order valence-corrected chi connectivity index (χ4v) is 1.92. The zero-order chi connectivity index (χ0) is 12.4. The van der Waals surface area contributed by atoms with Crippen LogP contribution in [-0.4, -0.2) is 22.0 Å². The van der Waals surface area contributed by atoms with E-state index in [-0.39, 0.29) is 5.91 Å². The Hall–Kier alpha value is -1.84. The average molecular weight is 231 g/mol. The van der Waals surface area contributed by atoms with E-state index >= 15 is 0 Å². The van der Waals surface area contributed by atoms with E-state index in [0.29, 0.717) is 6.54 Å². The molecule has 0 fully saturated rings. The number of aryl methyl sites for hydroxylation is 2. The van der Waals surface area contributed by atoms with Crippen LogP contribution in [0.25, 0.3) is 11.0 Å². The Labute approximate surface area is 101 Å². The highest BCUT2D eigenvalue weighted by Gasteiger charge is 2.07. The van der Waals surface area contributed by atoms with Crippen molar-refractivity contribution in [3.05, 3.63) is 29.6 Å². The number of imidazole rings is 1. The van der Waals surface area contributed by atoms with E-state index in [1.165, 1.54) is 12.5 Å². The molecule has 0 aliphatic heterocycles. The molecule has 0 spiro atoms. The van der Waals surface area contributed by atoms with E-state index in [9.17, 15) is 4.79 Å². The first-order valence-electron chi connectivity index (χ1n) is 5.74. The summed E-state index contributed by atoms with van der Waals surface area (Å²) in [5.41, 5.74) is 3.38. The van der Waals surface area contributed by atoms with E-state index in [1.807, 2.05) is 13.1 Å². The molecule has 0 atom stereocenters. The second-order valence-electron chi connectivity index (χ2n) is 4.31. The average Bonchev–Trinajstić information content (AvgIpc) is 2.56. The van der Waals surface area contributed by atoms with Gasteiger partial charge in [-0.3, -0.25) is 4.79 Å². The number of benzene rings is 1. The van der Waals surface area contributed by atoms with Gasteiger partial charge in [-0.2, -0.15) is 0 Å². The van der Waals surface area contributed by atoms with Crippen LogP contribution in [0.3, 0.4) is 0 Å². The maximum absolute atomic E-state index is 10.8. The third-order valence-corrected chi connectivity index (χ3v) is 2.85. The Kier molecular flexibility index (Phi) is 3.13. The Bertz CT molecular complexity index is 557. The predicted octanol–water partition coefficient (Wildman–Crippen LogP) is 1.56. The van der Waals surface area contributed by atoms with E-state index < -0.39 is 0 Å². The quantitative estimate of drug-likeness (QED) is 0.871. The minimum Gasteiger partial charge on any atom is -0.356 e. The summed E-state index contributed by atoms with van der Waals surface area (Å²) in [7, 11) is 2.01. The summed E-state index contributed by atoms with van der Waals surface area (Å²) >= 11 is 0. The molecule has 17 heavy (non-hydrogen) atoms. The molecule has 4 heteroatoms. The molecule has 0 bridgehead atoms. The fourth-order valence-electron chi connectivity index (χ4n) is 1.92. The van der Waals surface area contributed by atoms with Crippen LogP contribution in [-0.2, 0) is 18.3 Å². The Morgan fingerprint density at radius 2 is 2.24 bits per heavy atom. The molecule has 1 amide bonds. The highest BCUT2D eigenvalue weighted by molar-refractivity contribution is 5.76. The van der Waals surface area contributed by atoms with Crippen LogP contribution >= 0.6 is 0 Å². The molecule has 0 radical (unpaired) electrons. The molecule has 1 N–H and O–H groups in total. The monoisotopic (exact) mass is 231 g/mol. The molecule has 0 aliphatic rings. The van der Waals surface area contributed by atoms with Crippen molar-refractivity contribution in [1.82, 2.24) is 14.9 Å². The zero-order valence-corrected chi connectivity index (χ0v) is 10.4. The second-order valence-corrected chi connectivity index (χ2v) is 4.31. The molecule has 90 valence electrons. The van der Waals surface area contributed by atoms with Crippen LogP contribution in [0.15, 0.2) is 18.2 Å². The third kappa shape index (κ3) is 2.46. The first-order valence-corrected chi connectivity index (χ1v) is 5.74. The summed E-state index contributed by atoms with van der Waals surface area (Å²) in [6.45, 7) is 4.23. The van der Waals surface area contributed by atoms with Crippen molar-refractivity contribution in [3.63, 3.8) is 0 Å². The Morgan fingerprint density at radius 1 is 1.47 bits per heavy atom. The van der Waals surface area contributed by atoms with Crippen LogP contribution in [0.5, 0.6) is 0 Å². The molecule has 4 nitrogen and oxygen atoms in total. The molecular weight excluding hydrogens is 214 g/mol. The van der Waals surface area contributed by atoms with E-state index in [0.717, 1.165) is 23.3 Å². The fraction of sp³-hybridized carbons (Fsp3) is 0.385. The van der Waals surface area contributed by atoms with Crippen LogP contribution in [0, 0.1) is 6.92 Å². The summed E-state index contributed by atoms with van der Waals surface area (Å²) in [5.74, 6) is 0.999. The lowest BCUT2D eigenvalue weighted by Crippen LogP contribution is -2.23. The summed E-state index contributed by atoms with van der Waals surface area (Å²) in [5, 5.41) is 2.78. The summed E-state index contributed by atoms with van der Waals surface area (Å²) < 4.78 is 2.09. The van der Waals surface area contributed by atoms with Gasteiger partial charge in [-0.25, -0.2) is 4.98 Å². The Morgan fingerprint density at radius 3 is 2.94 bits per heavy atom. The summed E-state index contributed by atoms with van der Waals surface area (Å²) in [6.07, 6.45) is 0.754. The number of aromatic nitrogens is 2. The van der Waals surface area contributed by atoms with Crippen molar-refractivity contribution in [1.29, 1.82) is 0 Å². The number of rotatable bonds is 3. The van der Waals surface area contributed by atoms with Gasteiger partial charge in [0.1, 0.15) is 5.82 Å². The number of hydrogen-bond acceptors (Lipinski definition) is 2. The van der Waals surface area contributed by atoms with Crippen molar-refractivity contribution in [2.75, 3.05) is 6.54 Å². The van der Waals surface area contributed by atoms with Crippen molar-refractivity contribution in [2.24, 2.45) is 7.05 Å². The minimum atomic E-state index is -0.000362. The van der Waals surface area contributed by atoms with Gasteiger partial charge in [0.25, 0.3) is 0 Å². The maximum atomic E-state index is 10.8. The standard InChI is InChI=1S/C13H17N3O/c1-9-4-5-11-12(8-9)16(3)13(15-11)6-7-14-10(2)17/h4-5,8H,6-7H2,1-3H3,(H,14,17). The van der Waals surface area contributed by atoms with Crippen molar-refractivity contribution < 1.29 is 4.79 Å². The van der Waals surface area contributed by atoms with E-state index in [4.69, 9.17) is 0 Å². The molecule has 2 aromatic rings. The van der Waals surface area contributed by atoms with Gasteiger partial charge in [-0.15, -0.1) is 0 Å². The number of fused-ring (bicyclic) bond motifs is 1. The van der Waals surface area contributed by atoms with Gasteiger partial charge < -0.3 is 9.88 Å². The molecular formula is C13H17N3O. The summed E-state index contributed by atoms with van der Waals surface area (Å²) in [6, 6.07) is 6.23. The lowest BCUT2D eigenvalue weighted by atomic mass is 10.2. The van der Waals surface area contributed by atoms with Crippen molar-refractivity contribution >= 4 is 16.9 Å². The highest BCUT2D eigenvalue weighted by atomic mass is 16.1. The molecule has 0 saturated carbocycles. The smallest absolute Gasteiger partial charge is 0.216 e. The molecule has 1 heterocycles. The number of amides is 1. The number of nitrogens with zero attached hydrogens (tertiary/aromatic N) is 2. The normalized spacial score (nSPS) is 10.8. The Balaban J connectivity index is 2.23. The van der Waals surface area contributed by atoms with Crippen LogP contribution in [0.2, 0.25) is 0 Å². The largest absolute Gasteiger partial charge is 0.356 e. The number of carbonyl (C=O) groups is 1. The van der Waals surface area contributed by atoms with Crippen molar-refractivity contribution in [3.8, 4) is 0 Å². The molecule has 1 aromatic heterocycles. The topological polar surface area (TPSA) is 46.9 Å². The van der Waals surface area contributed by atoms with Gasteiger partial charge in [0, 0.05) is 26.9 Å². The van der Waals surface area contributed by atoms with Crippen LogP contribution in [0.1, 0.15) is 18.3 Å². The van der Waals surface area contributed by atoms with Gasteiger partial charge in [0.2, 0.25) is 5.91 Å². The van der Waals surface area contributed by atoms with Gasteiger partial charge in [-0.05, 0) is 24.6 Å². The van der Waals surface area contributed by atoms with Gasteiger partial charge in [-0.1, -0.05) is 6.07 Å². The highest BCUT2D eigenvalue weighted by Crippen LogP contribution is 2.16. The van der Waals surface area contributed by atoms with E-state index in [1.54, 1.807) is 0 Å². The summed E-state index contributed by atoms with van der Waals surface area (Å²) in [4.78, 5) is 15.4. The lowest BCUT2D eigenvalue weighted by molar-refractivity contribution is -0.118. The van der Waals surface area contributed by atoms with Gasteiger partial charge >= 0.3 is 0 Å². The van der Waals surface area contributed by atoms with Gasteiger partial charge in [0.15, 0.2) is 0 Å². The molecule has 0 aliphatic carbocycles. The minimum absolute atomic E-state index is 0.000362. The molecule has 0 saturated heterocycles. The SMILES string of the molecule is CC(=O)NCCc1nc2ccc(C)cc2n1C. The third-order valence-electron chi connectivity index (χ3n) is 2.85. The molecule has 0 unspecified atom stereocenters. The van der Waals surface area contributed by atoms with Crippen molar-refractivity contribution in [2.45, 2.75) is 20.3 Å². The van der Waals surface area contributed by atoms with Gasteiger partial charge in [0.05, 0.1) is 11.0 Å².